The minimum Gasteiger partial charge on any atom is -0.493 e. The number of halogens is 4. The Morgan fingerprint density at radius 2 is 2.00 bits per heavy atom. The summed E-state index contributed by atoms with van der Waals surface area (Å²) < 4.78 is 53.7. The van der Waals surface area contributed by atoms with Crippen LogP contribution < -0.4 is 10.5 Å². The fourth-order valence-corrected chi connectivity index (χ4v) is 1.43. The van der Waals surface area contributed by atoms with E-state index in [1.165, 1.54) is 6.07 Å². The molecule has 18 heavy (non-hydrogen) atoms. The maximum atomic E-state index is 12.9. The first-order valence-electron chi connectivity index (χ1n) is 5.08. The third-order valence-corrected chi connectivity index (χ3v) is 2.29. The van der Waals surface area contributed by atoms with Gasteiger partial charge >= 0.3 is 6.18 Å². The molecule has 1 aromatic carbocycles. The average molecular weight is 281 g/mol. The van der Waals surface area contributed by atoms with Gasteiger partial charge in [-0.3, -0.25) is 0 Å². The van der Waals surface area contributed by atoms with E-state index in [-0.39, 0.29) is 29.3 Å². The molecule has 0 spiro atoms. The van der Waals surface area contributed by atoms with Gasteiger partial charge in [0.25, 0.3) is 0 Å². The molecule has 0 aromatic heterocycles. The van der Waals surface area contributed by atoms with E-state index >= 15 is 0 Å². The summed E-state index contributed by atoms with van der Waals surface area (Å²) in [4.78, 5) is -0.0691. The molecule has 0 aliphatic rings. The van der Waals surface area contributed by atoms with Gasteiger partial charge in [-0.05, 0) is 24.6 Å². The highest BCUT2D eigenvalue weighted by Gasteiger charge is 2.26. The van der Waals surface area contributed by atoms with E-state index in [4.69, 9.17) is 22.7 Å². The molecule has 7 heteroatoms. The molecule has 0 saturated heterocycles. The van der Waals surface area contributed by atoms with Gasteiger partial charge < -0.3 is 10.5 Å². The van der Waals surface area contributed by atoms with E-state index in [1.54, 1.807) is 0 Å². The molecule has 100 valence electrons. The molecule has 0 heterocycles. The summed E-state index contributed by atoms with van der Waals surface area (Å²) in [6.07, 6.45) is -5.33. The molecule has 0 saturated carbocycles. The van der Waals surface area contributed by atoms with E-state index in [1.807, 2.05) is 0 Å². The second kappa shape index (κ2) is 5.99. The van der Waals surface area contributed by atoms with Crippen molar-refractivity contribution in [2.75, 3.05) is 6.61 Å². The fourth-order valence-electron chi connectivity index (χ4n) is 1.28. The Morgan fingerprint density at radius 1 is 1.33 bits per heavy atom. The van der Waals surface area contributed by atoms with Crippen LogP contribution in [-0.4, -0.2) is 17.8 Å². The highest BCUT2D eigenvalue weighted by Crippen LogP contribution is 2.23. The highest BCUT2D eigenvalue weighted by molar-refractivity contribution is 7.80. The largest absolute Gasteiger partial charge is 0.493 e. The Hall–Kier alpha value is -1.37. The zero-order chi connectivity index (χ0) is 13.8. The van der Waals surface area contributed by atoms with Crippen LogP contribution in [0.3, 0.4) is 0 Å². The van der Waals surface area contributed by atoms with Gasteiger partial charge in [0.1, 0.15) is 16.6 Å². The Labute approximate surface area is 107 Å². The fraction of sp³-hybridized carbons (Fsp3) is 0.364. The Balaban J connectivity index is 2.59. The monoisotopic (exact) mass is 281 g/mol. The Kier molecular flexibility index (Phi) is 4.89. The molecule has 0 fully saturated rings. The van der Waals surface area contributed by atoms with Gasteiger partial charge in [-0.1, -0.05) is 12.2 Å². The van der Waals surface area contributed by atoms with Crippen molar-refractivity contribution in [2.45, 2.75) is 19.0 Å². The molecule has 0 amide bonds. The lowest BCUT2D eigenvalue weighted by Crippen LogP contribution is -2.14. The van der Waals surface area contributed by atoms with Gasteiger partial charge in [0.15, 0.2) is 0 Å². The normalized spacial score (nSPS) is 11.3. The lowest BCUT2D eigenvalue weighted by molar-refractivity contribution is -0.136. The first kappa shape index (κ1) is 14.7. The smallest absolute Gasteiger partial charge is 0.389 e. The molecule has 0 atom stereocenters. The molecule has 2 nitrogen and oxygen atoms in total. The zero-order valence-corrected chi connectivity index (χ0v) is 10.1. The van der Waals surface area contributed by atoms with Crippen LogP contribution in [0.4, 0.5) is 17.6 Å². The van der Waals surface area contributed by atoms with Gasteiger partial charge in [-0.15, -0.1) is 0 Å². The molecule has 0 aliphatic carbocycles. The summed E-state index contributed by atoms with van der Waals surface area (Å²) in [7, 11) is 0. The van der Waals surface area contributed by atoms with E-state index < -0.39 is 18.4 Å². The second-order valence-corrected chi connectivity index (χ2v) is 4.01. The van der Waals surface area contributed by atoms with E-state index in [9.17, 15) is 17.6 Å². The zero-order valence-electron chi connectivity index (χ0n) is 9.26. The molecular weight excluding hydrogens is 270 g/mol. The van der Waals surface area contributed by atoms with Crippen molar-refractivity contribution in [1.82, 2.24) is 0 Å². The van der Waals surface area contributed by atoms with Crippen LogP contribution in [0.5, 0.6) is 5.75 Å². The molecule has 0 radical (unpaired) electrons. The van der Waals surface area contributed by atoms with Gasteiger partial charge in [0.2, 0.25) is 0 Å². The number of alkyl halides is 3. The molecular formula is C11H11F4NOS. The van der Waals surface area contributed by atoms with Crippen molar-refractivity contribution in [3.05, 3.63) is 29.6 Å². The number of rotatable bonds is 5. The van der Waals surface area contributed by atoms with Crippen molar-refractivity contribution in [3.8, 4) is 5.75 Å². The number of nitrogens with two attached hydrogens (primary N) is 1. The maximum absolute atomic E-state index is 12.9. The SMILES string of the molecule is NC(=S)c1cc(F)ccc1OCCCC(F)(F)F. The van der Waals surface area contributed by atoms with Gasteiger partial charge in [-0.2, -0.15) is 13.2 Å². The van der Waals surface area contributed by atoms with Crippen LogP contribution in [0.2, 0.25) is 0 Å². The first-order chi connectivity index (χ1) is 8.29. The van der Waals surface area contributed by atoms with E-state index in [0.29, 0.717) is 0 Å². The number of benzene rings is 1. The summed E-state index contributed by atoms with van der Waals surface area (Å²) in [6.45, 7) is -0.138. The highest BCUT2D eigenvalue weighted by atomic mass is 32.1. The summed E-state index contributed by atoms with van der Waals surface area (Å²) >= 11 is 4.70. The third kappa shape index (κ3) is 4.87. The standard InChI is InChI=1S/C11H11F4NOS/c12-7-2-3-9(8(6-7)10(16)18)17-5-1-4-11(13,14)15/h2-3,6H,1,4-5H2,(H2,16,18). The van der Waals surface area contributed by atoms with Gasteiger partial charge in [-0.25, -0.2) is 4.39 Å². The number of thiocarbonyl (C=S) groups is 1. The van der Waals surface area contributed by atoms with Crippen LogP contribution in [-0.2, 0) is 0 Å². The minimum absolute atomic E-state index is 0.0691. The van der Waals surface area contributed by atoms with Crippen molar-refractivity contribution in [3.63, 3.8) is 0 Å². The Bertz CT molecular complexity index is 434. The lowest BCUT2D eigenvalue weighted by Gasteiger charge is -2.11. The van der Waals surface area contributed by atoms with Crippen molar-refractivity contribution in [1.29, 1.82) is 0 Å². The van der Waals surface area contributed by atoms with Crippen molar-refractivity contribution < 1.29 is 22.3 Å². The van der Waals surface area contributed by atoms with E-state index in [2.05, 4.69) is 0 Å². The third-order valence-electron chi connectivity index (χ3n) is 2.07. The van der Waals surface area contributed by atoms with Crippen LogP contribution >= 0.6 is 12.2 Å². The van der Waals surface area contributed by atoms with Gasteiger partial charge in [0.05, 0.1) is 12.2 Å². The molecule has 0 aliphatic heterocycles. The number of hydrogen-bond donors (Lipinski definition) is 1. The molecule has 0 bridgehead atoms. The first-order valence-corrected chi connectivity index (χ1v) is 5.49. The van der Waals surface area contributed by atoms with Crippen molar-refractivity contribution in [2.24, 2.45) is 5.73 Å². The maximum Gasteiger partial charge on any atom is 0.389 e. The number of ether oxygens (including phenoxy) is 1. The van der Waals surface area contributed by atoms with Crippen molar-refractivity contribution >= 4 is 17.2 Å². The van der Waals surface area contributed by atoms with Crippen LogP contribution in [0.1, 0.15) is 18.4 Å². The second-order valence-electron chi connectivity index (χ2n) is 3.57. The lowest BCUT2D eigenvalue weighted by atomic mass is 10.2. The molecule has 1 aromatic rings. The number of hydrogen-bond acceptors (Lipinski definition) is 2. The molecule has 1 rings (SSSR count). The van der Waals surface area contributed by atoms with Gasteiger partial charge in [0, 0.05) is 6.42 Å². The van der Waals surface area contributed by atoms with Crippen LogP contribution in [0.25, 0.3) is 0 Å². The predicted octanol–water partition coefficient (Wildman–Crippen LogP) is 3.18. The minimum atomic E-state index is -4.21. The summed E-state index contributed by atoms with van der Waals surface area (Å²) in [6, 6.07) is 3.50. The molecule has 0 unspecified atom stereocenters. The molecule has 2 N–H and O–H groups in total. The van der Waals surface area contributed by atoms with E-state index in [0.717, 1.165) is 12.1 Å². The summed E-state index contributed by atoms with van der Waals surface area (Å²) in [5.41, 5.74) is 5.54. The quantitative estimate of drug-likeness (QED) is 0.511. The summed E-state index contributed by atoms with van der Waals surface area (Å²) in [5, 5.41) is 0. The van der Waals surface area contributed by atoms with Crippen LogP contribution in [0, 0.1) is 5.82 Å². The van der Waals surface area contributed by atoms with Crippen LogP contribution in [0.15, 0.2) is 18.2 Å². The summed E-state index contributed by atoms with van der Waals surface area (Å²) in [5.74, 6) is -0.355. The predicted molar refractivity (Wildman–Crippen MR) is 63.1 cm³/mol. The average Bonchev–Trinajstić information content (AvgIpc) is 2.24. The Morgan fingerprint density at radius 3 is 2.56 bits per heavy atom. The topological polar surface area (TPSA) is 35.2 Å².